The number of carbonyl (C=O) groups excluding carboxylic acids is 1. The van der Waals surface area contributed by atoms with Crippen LogP contribution >= 0.6 is 0 Å². The first-order valence-electron chi connectivity index (χ1n) is 8.71. The van der Waals surface area contributed by atoms with Gasteiger partial charge in [-0.3, -0.25) is 4.79 Å². The van der Waals surface area contributed by atoms with E-state index < -0.39 is 33.2 Å². The van der Waals surface area contributed by atoms with E-state index in [1.165, 1.54) is 18.2 Å². The maximum Gasteiger partial charge on any atom is 0.416 e. The molecule has 1 saturated heterocycles. The average molecular weight is 412 g/mol. The Hall–Kier alpha value is -2.55. The monoisotopic (exact) mass is 412 g/mol. The van der Waals surface area contributed by atoms with Gasteiger partial charge in [0.2, 0.25) is 5.91 Å². The Morgan fingerprint density at radius 2 is 1.68 bits per heavy atom. The molecule has 1 fully saturated rings. The second kappa shape index (κ2) is 7.83. The van der Waals surface area contributed by atoms with Crippen LogP contribution in [0, 0.1) is 0 Å². The number of sulfone groups is 1. The Morgan fingerprint density at radius 3 is 2.29 bits per heavy atom. The van der Waals surface area contributed by atoms with Gasteiger partial charge in [-0.15, -0.1) is 0 Å². The second-order valence-electron chi connectivity index (χ2n) is 6.54. The molecule has 0 unspecified atom stereocenters. The van der Waals surface area contributed by atoms with Crippen molar-refractivity contribution in [2.24, 2.45) is 0 Å². The van der Waals surface area contributed by atoms with Gasteiger partial charge in [-0.2, -0.15) is 13.2 Å². The number of hydrogen-bond acceptors (Lipinski definition) is 4. The van der Waals surface area contributed by atoms with E-state index in [1.807, 2.05) is 0 Å². The molecule has 1 aliphatic heterocycles. The SMILES string of the molecule is O=C(CS(=O)(=O)c1ccccc1)Nc1ccc(C(F)(F)F)cc1N1CCCC1. The molecule has 0 aliphatic carbocycles. The fourth-order valence-corrected chi connectivity index (χ4v) is 4.26. The minimum absolute atomic E-state index is 0.0114. The Bertz CT molecular complexity index is 954. The van der Waals surface area contributed by atoms with Crippen molar-refractivity contribution >= 4 is 27.1 Å². The number of nitrogens with one attached hydrogen (secondary N) is 1. The van der Waals surface area contributed by atoms with Crippen molar-refractivity contribution in [1.29, 1.82) is 0 Å². The van der Waals surface area contributed by atoms with Gasteiger partial charge in [0.05, 0.1) is 21.8 Å². The molecular formula is C19H19F3N2O3S. The number of halogens is 3. The fraction of sp³-hybridized carbons (Fsp3) is 0.316. The van der Waals surface area contributed by atoms with Gasteiger partial charge in [-0.05, 0) is 43.2 Å². The summed E-state index contributed by atoms with van der Waals surface area (Å²) in [7, 11) is -3.85. The zero-order chi connectivity index (χ0) is 20.4. The molecule has 0 atom stereocenters. The molecule has 1 N–H and O–H groups in total. The normalized spacial score (nSPS) is 14.9. The van der Waals surface area contributed by atoms with Crippen LogP contribution in [0.25, 0.3) is 0 Å². The number of hydrogen-bond donors (Lipinski definition) is 1. The first-order valence-corrected chi connectivity index (χ1v) is 10.4. The molecule has 1 heterocycles. The van der Waals surface area contributed by atoms with E-state index in [-0.39, 0.29) is 16.3 Å². The number of nitrogens with zero attached hydrogens (tertiary/aromatic N) is 1. The molecule has 28 heavy (non-hydrogen) atoms. The number of carbonyl (C=O) groups is 1. The summed E-state index contributed by atoms with van der Waals surface area (Å²) in [5.74, 6) is -1.60. The maximum atomic E-state index is 13.1. The largest absolute Gasteiger partial charge is 0.416 e. The van der Waals surface area contributed by atoms with Gasteiger partial charge in [0.15, 0.2) is 9.84 Å². The lowest BCUT2D eigenvalue weighted by molar-refractivity contribution is -0.137. The van der Waals surface area contributed by atoms with Crippen molar-refractivity contribution in [1.82, 2.24) is 0 Å². The summed E-state index contributed by atoms with van der Waals surface area (Å²) in [5.41, 5.74) is -0.398. The van der Waals surface area contributed by atoms with E-state index in [9.17, 15) is 26.4 Å². The van der Waals surface area contributed by atoms with E-state index in [0.29, 0.717) is 13.1 Å². The van der Waals surface area contributed by atoms with E-state index in [2.05, 4.69) is 5.32 Å². The molecule has 0 spiro atoms. The van der Waals surface area contributed by atoms with E-state index in [0.717, 1.165) is 25.0 Å². The zero-order valence-electron chi connectivity index (χ0n) is 14.9. The van der Waals surface area contributed by atoms with E-state index in [1.54, 1.807) is 23.1 Å². The van der Waals surface area contributed by atoms with Crippen LogP contribution in [-0.2, 0) is 20.8 Å². The predicted molar refractivity (Wildman–Crippen MR) is 100 cm³/mol. The van der Waals surface area contributed by atoms with Gasteiger partial charge in [-0.1, -0.05) is 18.2 Å². The second-order valence-corrected chi connectivity index (χ2v) is 8.53. The van der Waals surface area contributed by atoms with Gasteiger partial charge in [0.25, 0.3) is 0 Å². The first-order chi connectivity index (χ1) is 13.2. The quantitative estimate of drug-likeness (QED) is 0.813. The van der Waals surface area contributed by atoms with Gasteiger partial charge in [0.1, 0.15) is 5.75 Å². The number of amides is 1. The zero-order valence-corrected chi connectivity index (χ0v) is 15.7. The van der Waals surface area contributed by atoms with Gasteiger partial charge in [-0.25, -0.2) is 8.42 Å². The number of benzene rings is 2. The molecule has 150 valence electrons. The summed E-state index contributed by atoms with van der Waals surface area (Å²) < 4.78 is 63.9. The third-order valence-electron chi connectivity index (χ3n) is 4.47. The summed E-state index contributed by atoms with van der Waals surface area (Å²) in [6, 6.07) is 10.6. The number of anilines is 2. The minimum Gasteiger partial charge on any atom is -0.370 e. The molecule has 9 heteroatoms. The molecule has 1 amide bonds. The van der Waals surface area contributed by atoms with Gasteiger partial charge >= 0.3 is 6.18 Å². The molecule has 5 nitrogen and oxygen atoms in total. The first kappa shape index (κ1) is 20.2. The molecule has 2 aromatic carbocycles. The summed E-state index contributed by atoms with van der Waals surface area (Å²) in [5, 5.41) is 2.46. The Morgan fingerprint density at radius 1 is 1.04 bits per heavy atom. The molecule has 0 aromatic heterocycles. The molecular weight excluding hydrogens is 393 g/mol. The lowest BCUT2D eigenvalue weighted by Crippen LogP contribution is -2.26. The van der Waals surface area contributed by atoms with Crippen molar-refractivity contribution in [3.8, 4) is 0 Å². The summed E-state index contributed by atoms with van der Waals surface area (Å²) in [6.07, 6.45) is -2.83. The van der Waals surface area contributed by atoms with Crippen molar-refractivity contribution in [2.45, 2.75) is 23.9 Å². The minimum atomic E-state index is -4.51. The van der Waals surface area contributed by atoms with Crippen LogP contribution in [0.3, 0.4) is 0 Å². The van der Waals surface area contributed by atoms with Crippen LogP contribution in [0.15, 0.2) is 53.4 Å². The summed E-state index contributed by atoms with van der Waals surface area (Å²) >= 11 is 0. The third kappa shape index (κ3) is 4.64. The van der Waals surface area contributed by atoms with E-state index >= 15 is 0 Å². The molecule has 1 aliphatic rings. The van der Waals surface area contributed by atoms with Crippen molar-refractivity contribution in [2.75, 3.05) is 29.1 Å². The predicted octanol–water partition coefficient (Wildman–Crippen LogP) is 3.72. The van der Waals surface area contributed by atoms with Crippen molar-refractivity contribution in [3.05, 3.63) is 54.1 Å². The molecule has 2 aromatic rings. The molecule has 0 bridgehead atoms. The Kier molecular flexibility index (Phi) is 5.64. The highest BCUT2D eigenvalue weighted by atomic mass is 32.2. The average Bonchev–Trinajstić information content (AvgIpc) is 3.16. The molecule has 3 rings (SSSR count). The summed E-state index contributed by atoms with van der Waals surface area (Å²) in [4.78, 5) is 14.1. The van der Waals surface area contributed by atoms with Crippen molar-refractivity contribution in [3.63, 3.8) is 0 Å². The lowest BCUT2D eigenvalue weighted by Gasteiger charge is -2.23. The smallest absolute Gasteiger partial charge is 0.370 e. The standard InChI is InChI=1S/C19H19F3N2O3S/c20-19(21,22)14-8-9-16(17(12-14)24-10-4-5-11-24)23-18(25)13-28(26,27)15-6-2-1-3-7-15/h1-3,6-9,12H,4-5,10-11,13H2,(H,23,25). The third-order valence-corrected chi connectivity index (χ3v) is 6.10. The van der Waals surface area contributed by atoms with Crippen LogP contribution < -0.4 is 10.2 Å². The Labute approximate surface area is 161 Å². The van der Waals surface area contributed by atoms with Gasteiger partial charge < -0.3 is 10.2 Å². The van der Waals surface area contributed by atoms with Crippen LogP contribution in [0.1, 0.15) is 18.4 Å². The fourth-order valence-electron chi connectivity index (χ4n) is 3.10. The maximum absolute atomic E-state index is 13.1. The van der Waals surface area contributed by atoms with Crippen LogP contribution in [0.4, 0.5) is 24.5 Å². The molecule has 0 saturated carbocycles. The van der Waals surface area contributed by atoms with Crippen LogP contribution in [0.5, 0.6) is 0 Å². The van der Waals surface area contributed by atoms with Crippen LogP contribution in [-0.4, -0.2) is 33.2 Å². The lowest BCUT2D eigenvalue weighted by atomic mass is 10.1. The van der Waals surface area contributed by atoms with Crippen molar-refractivity contribution < 1.29 is 26.4 Å². The highest BCUT2D eigenvalue weighted by Crippen LogP contribution is 2.36. The van der Waals surface area contributed by atoms with Gasteiger partial charge in [0, 0.05) is 13.1 Å². The topological polar surface area (TPSA) is 66.5 Å². The highest BCUT2D eigenvalue weighted by molar-refractivity contribution is 7.92. The van der Waals surface area contributed by atoms with Crippen LogP contribution in [0.2, 0.25) is 0 Å². The highest BCUT2D eigenvalue weighted by Gasteiger charge is 2.32. The summed E-state index contributed by atoms with van der Waals surface area (Å²) in [6.45, 7) is 1.15. The Balaban J connectivity index is 1.84. The number of alkyl halides is 3. The van der Waals surface area contributed by atoms with E-state index in [4.69, 9.17) is 0 Å². The number of rotatable bonds is 5. The molecule has 0 radical (unpaired) electrons.